The Kier molecular flexibility index (Phi) is 0.303. The number of hydrogen-bond donors (Lipinski definition) is 2. The van der Waals surface area contributed by atoms with Gasteiger partial charge in [0, 0.05) is 0 Å². The summed E-state index contributed by atoms with van der Waals surface area (Å²) in [5.41, 5.74) is 10.0. The maximum absolute atomic E-state index is 5.61. The zero-order valence-electron chi connectivity index (χ0n) is 4.68. The number of aromatic nitrogens is 2. The number of nitrogens with one attached hydrogen (secondary N) is 1. The summed E-state index contributed by atoms with van der Waals surface area (Å²) in [6, 6.07) is 4.05. The van der Waals surface area contributed by atoms with Crippen LogP contribution in [0, 0.1) is 0 Å². The van der Waals surface area contributed by atoms with Gasteiger partial charge in [-0.05, 0) is 12.1 Å². The number of benzene rings is 1. The van der Waals surface area contributed by atoms with Crippen molar-refractivity contribution in [2.24, 2.45) is 0 Å². The number of nitrogens with zero attached hydrogens (tertiary/aromatic N) is 1. The fourth-order valence-corrected chi connectivity index (χ4v) is 1.38. The largest absolute Gasteiger partial charge is 0.397 e. The molecule has 0 aromatic carbocycles. The second kappa shape index (κ2) is 0.757. The van der Waals surface area contributed by atoms with Crippen LogP contribution in [0.25, 0.3) is 16.6 Å². The minimum atomic E-state index is 0.874. The average Bonchev–Trinajstić information content (AvgIpc) is 2.37. The third-order valence-corrected chi connectivity index (χ3v) is 1.86. The number of rotatable bonds is 0. The van der Waals surface area contributed by atoms with Gasteiger partial charge in [0.2, 0.25) is 0 Å². The molecule has 4 heterocycles. The van der Waals surface area contributed by atoms with E-state index in [0.717, 1.165) is 11.2 Å². The standard InChI is InChI=1S/C6H5N3/c7-3-1-6-4-2-5(3)9(6)8-4/h1-2,8H,7H2. The molecule has 0 atom stereocenters. The van der Waals surface area contributed by atoms with Crippen molar-refractivity contribution >= 4 is 22.2 Å². The molecule has 0 saturated carbocycles. The van der Waals surface area contributed by atoms with Crippen molar-refractivity contribution in [3.8, 4) is 0 Å². The van der Waals surface area contributed by atoms with Crippen molar-refractivity contribution in [1.82, 2.24) is 9.61 Å². The summed E-state index contributed by atoms with van der Waals surface area (Å²) in [5, 5.41) is 3.10. The monoisotopic (exact) mass is 119 g/mol. The molecule has 4 aromatic heterocycles. The summed E-state index contributed by atoms with van der Waals surface area (Å²) < 4.78 is 1.99. The van der Waals surface area contributed by atoms with Gasteiger partial charge >= 0.3 is 0 Å². The molecule has 0 amide bonds. The summed E-state index contributed by atoms with van der Waals surface area (Å²) in [4.78, 5) is 0. The molecule has 4 bridgehead atoms. The van der Waals surface area contributed by atoms with Gasteiger partial charge in [0.05, 0.1) is 22.2 Å². The van der Waals surface area contributed by atoms with Crippen LogP contribution < -0.4 is 5.73 Å². The van der Waals surface area contributed by atoms with Gasteiger partial charge < -0.3 is 5.73 Å². The lowest BCUT2D eigenvalue weighted by Crippen LogP contribution is -1.88. The third-order valence-electron chi connectivity index (χ3n) is 1.86. The van der Waals surface area contributed by atoms with E-state index in [0.29, 0.717) is 0 Å². The predicted molar refractivity (Wildman–Crippen MR) is 36.0 cm³/mol. The van der Waals surface area contributed by atoms with E-state index in [9.17, 15) is 0 Å². The molecule has 3 N–H and O–H groups in total. The Balaban J connectivity index is 2.88. The molecule has 0 aliphatic heterocycles. The number of hydrogen-bond acceptors (Lipinski definition) is 1. The van der Waals surface area contributed by atoms with E-state index < -0.39 is 0 Å². The zero-order chi connectivity index (χ0) is 6.01. The quantitative estimate of drug-likeness (QED) is 0.424. The van der Waals surface area contributed by atoms with Gasteiger partial charge in [0.1, 0.15) is 0 Å². The molecular weight excluding hydrogens is 114 g/mol. The highest BCUT2D eigenvalue weighted by molar-refractivity contribution is 5.97. The summed E-state index contributed by atoms with van der Waals surface area (Å²) in [6.07, 6.45) is 0. The summed E-state index contributed by atoms with van der Waals surface area (Å²) in [7, 11) is 0. The first-order chi connectivity index (χ1) is 4.36. The highest BCUT2D eigenvalue weighted by Crippen LogP contribution is 2.30. The second-order valence-electron chi connectivity index (χ2n) is 2.38. The summed E-state index contributed by atoms with van der Waals surface area (Å²) in [5.74, 6) is 0. The minimum Gasteiger partial charge on any atom is -0.397 e. The van der Waals surface area contributed by atoms with E-state index in [1.807, 2.05) is 10.6 Å². The fourth-order valence-electron chi connectivity index (χ4n) is 1.38. The van der Waals surface area contributed by atoms with Crippen LogP contribution >= 0.6 is 0 Å². The molecule has 3 heteroatoms. The zero-order valence-corrected chi connectivity index (χ0v) is 4.68. The summed E-state index contributed by atoms with van der Waals surface area (Å²) in [6.45, 7) is 0. The molecule has 0 aliphatic rings. The van der Waals surface area contributed by atoms with Crippen LogP contribution in [0.2, 0.25) is 0 Å². The number of nitrogens with two attached hydrogens (primary N) is 1. The van der Waals surface area contributed by atoms with E-state index in [4.69, 9.17) is 5.73 Å². The number of anilines is 1. The summed E-state index contributed by atoms with van der Waals surface area (Å²) >= 11 is 0. The Bertz CT molecular complexity index is 433. The average molecular weight is 119 g/mol. The highest BCUT2D eigenvalue weighted by Gasteiger charge is 2.14. The molecule has 0 fully saturated rings. The van der Waals surface area contributed by atoms with E-state index >= 15 is 0 Å². The van der Waals surface area contributed by atoms with E-state index in [1.54, 1.807) is 0 Å². The van der Waals surface area contributed by atoms with Crippen LogP contribution in [0.1, 0.15) is 0 Å². The molecule has 44 valence electrons. The molecular formula is C6H5N3. The van der Waals surface area contributed by atoms with Gasteiger partial charge in [-0.25, -0.2) is 0 Å². The molecule has 0 saturated heterocycles. The maximum Gasteiger partial charge on any atom is 0.0903 e. The number of H-pyrrole nitrogens is 1. The lowest BCUT2D eigenvalue weighted by molar-refractivity contribution is 0.997. The van der Waals surface area contributed by atoms with E-state index in [1.165, 1.54) is 11.0 Å². The molecule has 4 rings (SSSR count). The Morgan fingerprint density at radius 2 is 2.22 bits per heavy atom. The van der Waals surface area contributed by atoms with Crippen LogP contribution in [0.15, 0.2) is 12.1 Å². The smallest absolute Gasteiger partial charge is 0.0903 e. The van der Waals surface area contributed by atoms with Gasteiger partial charge in [-0.2, -0.15) is 0 Å². The molecule has 0 spiro atoms. The Hall–Kier alpha value is -1.38. The van der Waals surface area contributed by atoms with Gasteiger partial charge in [-0.3, -0.25) is 9.61 Å². The normalized spacial score (nSPS) is 12.9. The van der Waals surface area contributed by atoms with Crippen molar-refractivity contribution in [1.29, 1.82) is 0 Å². The highest BCUT2D eigenvalue weighted by atomic mass is 15.3. The molecule has 0 radical (unpaired) electrons. The van der Waals surface area contributed by atoms with Crippen LogP contribution in [-0.4, -0.2) is 9.61 Å². The van der Waals surface area contributed by atoms with Gasteiger partial charge in [-0.15, -0.1) is 0 Å². The second-order valence-corrected chi connectivity index (χ2v) is 2.38. The first kappa shape index (κ1) is 3.61. The molecule has 0 aliphatic carbocycles. The Morgan fingerprint density at radius 1 is 1.33 bits per heavy atom. The number of nitrogen functional groups attached to an aromatic ring is 1. The maximum atomic E-state index is 5.61. The minimum absolute atomic E-state index is 0.874. The molecule has 0 unspecified atom stereocenters. The predicted octanol–water partition coefficient (Wildman–Crippen LogP) is 0.878. The van der Waals surface area contributed by atoms with Gasteiger partial charge in [-0.1, -0.05) is 0 Å². The first-order valence-electron chi connectivity index (χ1n) is 2.86. The topological polar surface area (TPSA) is 46.2 Å². The van der Waals surface area contributed by atoms with Crippen molar-refractivity contribution in [3.63, 3.8) is 0 Å². The number of aromatic amines is 1. The van der Waals surface area contributed by atoms with Crippen molar-refractivity contribution in [2.45, 2.75) is 0 Å². The van der Waals surface area contributed by atoms with Crippen LogP contribution in [-0.2, 0) is 0 Å². The lowest BCUT2D eigenvalue weighted by Gasteiger charge is -1.94. The van der Waals surface area contributed by atoms with Crippen LogP contribution in [0.4, 0.5) is 5.69 Å². The van der Waals surface area contributed by atoms with Gasteiger partial charge in [0.15, 0.2) is 0 Å². The lowest BCUT2D eigenvalue weighted by atomic mass is 10.3. The fraction of sp³-hybridized carbons (Fsp3) is 0. The third kappa shape index (κ3) is 0.199. The van der Waals surface area contributed by atoms with Crippen molar-refractivity contribution in [3.05, 3.63) is 12.1 Å². The van der Waals surface area contributed by atoms with E-state index in [2.05, 4.69) is 11.2 Å². The van der Waals surface area contributed by atoms with Crippen LogP contribution in [0.3, 0.4) is 0 Å². The molecule has 3 nitrogen and oxygen atoms in total. The molecule has 4 aromatic rings. The van der Waals surface area contributed by atoms with E-state index in [-0.39, 0.29) is 0 Å². The Morgan fingerprint density at radius 3 is 2.67 bits per heavy atom. The van der Waals surface area contributed by atoms with Crippen molar-refractivity contribution in [2.75, 3.05) is 5.73 Å². The Labute approximate surface area is 50.7 Å². The van der Waals surface area contributed by atoms with Crippen LogP contribution in [0.5, 0.6) is 0 Å². The SMILES string of the molecule is Nc1cc2c3cc1n2[nH]3. The van der Waals surface area contributed by atoms with Gasteiger partial charge in [0.25, 0.3) is 0 Å². The van der Waals surface area contributed by atoms with Crippen molar-refractivity contribution < 1.29 is 0 Å². The first-order valence-corrected chi connectivity index (χ1v) is 2.86. The molecule has 9 heavy (non-hydrogen) atoms.